The van der Waals surface area contributed by atoms with Crippen molar-refractivity contribution in [2.45, 2.75) is 19.5 Å². The number of halogens is 3. The van der Waals surface area contributed by atoms with Crippen LogP contribution < -0.4 is 0 Å². The zero-order valence-electron chi connectivity index (χ0n) is 12.7. The fraction of sp³-hybridized carbons (Fsp3) is 0.357. The van der Waals surface area contributed by atoms with Crippen molar-refractivity contribution in [1.82, 2.24) is 0 Å². The third-order valence-corrected chi connectivity index (χ3v) is 6.56. The summed E-state index contributed by atoms with van der Waals surface area (Å²) in [4.78, 5) is 10.2. The summed E-state index contributed by atoms with van der Waals surface area (Å²) in [6, 6.07) is 2.72. The summed E-state index contributed by atoms with van der Waals surface area (Å²) < 4.78 is 64.9. The number of carboxylic acids is 1. The molecule has 0 aliphatic heterocycles. The molecule has 2 aromatic rings. The van der Waals surface area contributed by atoms with E-state index in [1.165, 1.54) is 13.8 Å². The minimum atomic E-state index is -4.81. The number of aromatic carboxylic acids is 1. The number of fused-ring (bicyclic) bond motifs is 1. The van der Waals surface area contributed by atoms with E-state index in [1.807, 2.05) is 0 Å². The summed E-state index contributed by atoms with van der Waals surface area (Å²) >= 11 is 0.380. The Hall–Kier alpha value is -1.41. The van der Waals surface area contributed by atoms with Gasteiger partial charge in [0.25, 0.3) is 0 Å². The molecule has 0 amide bonds. The van der Waals surface area contributed by atoms with Gasteiger partial charge in [-0.3, -0.25) is 4.57 Å². The molecule has 5 nitrogen and oxygen atoms in total. The van der Waals surface area contributed by atoms with E-state index in [0.29, 0.717) is 11.3 Å². The lowest BCUT2D eigenvalue weighted by Crippen LogP contribution is -2.16. The number of carbonyl (C=O) groups is 1. The van der Waals surface area contributed by atoms with Gasteiger partial charge in [0.05, 0.1) is 28.4 Å². The van der Waals surface area contributed by atoms with Gasteiger partial charge in [-0.05, 0) is 37.4 Å². The average Bonchev–Trinajstić information content (AvgIpc) is 2.92. The monoisotopic (exact) mass is 382 g/mol. The van der Waals surface area contributed by atoms with Crippen molar-refractivity contribution >= 4 is 35.0 Å². The van der Waals surface area contributed by atoms with Gasteiger partial charge >= 0.3 is 19.2 Å². The summed E-state index contributed by atoms with van der Waals surface area (Å²) in [5.74, 6) is -2.33. The quantitative estimate of drug-likeness (QED) is 0.678. The maximum Gasteiger partial charge on any atom is 0.405 e. The Labute approximate surface area is 139 Å². The maximum absolute atomic E-state index is 14.7. The minimum absolute atomic E-state index is 0.0216. The highest BCUT2D eigenvalue weighted by molar-refractivity contribution is 7.55. The van der Waals surface area contributed by atoms with Crippen LogP contribution >= 0.6 is 18.9 Å². The lowest BCUT2D eigenvalue weighted by molar-refractivity contribution is 0.0392. The van der Waals surface area contributed by atoms with Crippen LogP contribution in [0.3, 0.4) is 0 Å². The van der Waals surface area contributed by atoms with E-state index >= 15 is 0 Å². The number of hydrogen-bond acceptors (Lipinski definition) is 5. The van der Waals surface area contributed by atoms with Crippen molar-refractivity contribution in [3.05, 3.63) is 34.5 Å². The molecular weight excluding hydrogens is 368 g/mol. The first-order chi connectivity index (χ1) is 11.2. The van der Waals surface area contributed by atoms with E-state index in [2.05, 4.69) is 9.05 Å². The molecule has 2 rings (SSSR count). The van der Waals surface area contributed by atoms with Gasteiger partial charge < -0.3 is 14.2 Å². The van der Waals surface area contributed by atoms with Crippen LogP contribution in [0.4, 0.5) is 13.2 Å². The van der Waals surface area contributed by atoms with Crippen LogP contribution in [0.15, 0.2) is 18.2 Å². The Morgan fingerprint density at radius 3 is 2.33 bits per heavy atom. The van der Waals surface area contributed by atoms with E-state index in [-0.39, 0.29) is 28.9 Å². The van der Waals surface area contributed by atoms with E-state index < -0.39 is 29.9 Å². The van der Waals surface area contributed by atoms with Gasteiger partial charge in [0, 0.05) is 0 Å². The van der Waals surface area contributed by atoms with Gasteiger partial charge in [-0.1, -0.05) is 0 Å². The van der Waals surface area contributed by atoms with Gasteiger partial charge in [0.1, 0.15) is 5.82 Å². The summed E-state index contributed by atoms with van der Waals surface area (Å²) in [6.07, 6.45) is 0. The molecule has 0 saturated heterocycles. The third-order valence-electron chi connectivity index (χ3n) is 3.06. The Balaban J connectivity index is 2.60. The Kier molecular flexibility index (Phi) is 5.39. The summed E-state index contributed by atoms with van der Waals surface area (Å²) in [6.45, 7) is 2.28. The summed E-state index contributed by atoms with van der Waals surface area (Å²) in [7, 11) is -4.81. The molecule has 132 valence electrons. The summed E-state index contributed by atoms with van der Waals surface area (Å²) in [5, 5.41) is 8.89. The smallest absolute Gasteiger partial charge is 0.405 e. The number of alkyl halides is 2. The van der Waals surface area contributed by atoms with Crippen LogP contribution in [0.2, 0.25) is 0 Å². The number of thiophene rings is 1. The SMILES string of the molecule is CCOP(=O)(OCC)C(F)(F)c1cc2cc(C(=O)O)cc(F)c2s1. The molecule has 0 aliphatic carbocycles. The second-order valence-electron chi connectivity index (χ2n) is 4.67. The molecule has 0 bridgehead atoms. The molecule has 0 spiro atoms. The Morgan fingerprint density at radius 2 is 1.83 bits per heavy atom. The second kappa shape index (κ2) is 6.84. The molecule has 1 aromatic heterocycles. The van der Waals surface area contributed by atoms with Crippen molar-refractivity contribution in [2.75, 3.05) is 13.2 Å². The lowest BCUT2D eigenvalue weighted by atomic mass is 10.1. The molecule has 0 saturated carbocycles. The third kappa shape index (κ3) is 3.21. The van der Waals surface area contributed by atoms with Gasteiger partial charge in [0.15, 0.2) is 0 Å². The average molecular weight is 382 g/mol. The standard InChI is InChI=1S/C14H14F3O5PS/c1-3-21-23(20,22-4-2)14(16,17)11-7-8-5-9(13(18)19)6-10(15)12(8)24-11/h5-7H,3-4H2,1-2H3,(H,18,19). The van der Waals surface area contributed by atoms with Crippen LogP contribution in [0, 0.1) is 5.82 Å². The lowest BCUT2D eigenvalue weighted by Gasteiger charge is -2.24. The molecular formula is C14H14F3O5PS. The molecule has 1 heterocycles. The van der Waals surface area contributed by atoms with Crippen LogP contribution in [0.1, 0.15) is 29.1 Å². The minimum Gasteiger partial charge on any atom is -0.478 e. The fourth-order valence-corrected chi connectivity index (χ4v) is 4.86. The van der Waals surface area contributed by atoms with Crippen molar-refractivity contribution in [2.24, 2.45) is 0 Å². The van der Waals surface area contributed by atoms with Crippen molar-refractivity contribution in [3.63, 3.8) is 0 Å². The molecule has 0 atom stereocenters. The maximum atomic E-state index is 14.7. The normalized spacial score (nSPS) is 12.7. The van der Waals surface area contributed by atoms with Crippen LogP contribution in [0.25, 0.3) is 10.1 Å². The Bertz CT molecular complexity index is 810. The Morgan fingerprint density at radius 1 is 1.25 bits per heavy atom. The zero-order valence-corrected chi connectivity index (χ0v) is 14.4. The molecule has 10 heteroatoms. The zero-order chi connectivity index (χ0) is 18.1. The van der Waals surface area contributed by atoms with Gasteiger partial charge in [-0.2, -0.15) is 8.78 Å². The highest BCUT2D eigenvalue weighted by Crippen LogP contribution is 2.68. The predicted octanol–water partition coefficient (Wildman–Crippen LogP) is 5.05. The number of carboxylic acid groups (broad SMARTS) is 1. The summed E-state index contributed by atoms with van der Waals surface area (Å²) in [5.41, 5.74) is -4.36. The highest BCUT2D eigenvalue weighted by Gasteiger charge is 2.55. The van der Waals surface area contributed by atoms with Gasteiger partial charge in [0.2, 0.25) is 0 Å². The number of rotatable bonds is 7. The van der Waals surface area contributed by atoms with Crippen molar-refractivity contribution in [3.8, 4) is 0 Å². The molecule has 1 N–H and O–H groups in total. The topological polar surface area (TPSA) is 72.8 Å². The van der Waals surface area contributed by atoms with Crippen LogP contribution in [0.5, 0.6) is 0 Å². The second-order valence-corrected chi connectivity index (χ2v) is 7.79. The first kappa shape index (κ1) is 18.9. The first-order valence-corrected chi connectivity index (χ1v) is 9.26. The molecule has 1 aromatic carbocycles. The van der Waals surface area contributed by atoms with Crippen molar-refractivity contribution in [1.29, 1.82) is 0 Å². The fourth-order valence-electron chi connectivity index (χ4n) is 2.06. The predicted molar refractivity (Wildman–Crippen MR) is 83.5 cm³/mol. The van der Waals surface area contributed by atoms with Crippen molar-refractivity contribution < 1.29 is 36.7 Å². The van der Waals surface area contributed by atoms with Crippen LogP contribution in [-0.4, -0.2) is 24.3 Å². The van der Waals surface area contributed by atoms with Gasteiger partial charge in [-0.25, -0.2) is 9.18 Å². The first-order valence-electron chi connectivity index (χ1n) is 6.90. The van der Waals surface area contributed by atoms with E-state index in [4.69, 9.17) is 5.11 Å². The molecule has 0 unspecified atom stereocenters. The molecule has 0 aliphatic rings. The number of hydrogen-bond donors (Lipinski definition) is 1. The van der Waals surface area contributed by atoms with E-state index in [0.717, 1.165) is 18.2 Å². The van der Waals surface area contributed by atoms with Crippen LogP contribution in [-0.2, 0) is 19.3 Å². The van der Waals surface area contributed by atoms with E-state index in [1.54, 1.807) is 0 Å². The molecule has 0 radical (unpaired) electrons. The molecule has 24 heavy (non-hydrogen) atoms. The van der Waals surface area contributed by atoms with Gasteiger partial charge in [-0.15, -0.1) is 11.3 Å². The largest absolute Gasteiger partial charge is 0.478 e. The van der Waals surface area contributed by atoms with E-state index in [9.17, 15) is 22.5 Å². The number of benzene rings is 1. The highest BCUT2D eigenvalue weighted by atomic mass is 32.1. The molecule has 0 fully saturated rings.